The summed E-state index contributed by atoms with van der Waals surface area (Å²) in [5.41, 5.74) is 4.14. The first-order valence-electron chi connectivity index (χ1n) is 9.97. The molecule has 3 aromatic rings. The van der Waals surface area contributed by atoms with E-state index in [1.165, 1.54) is 0 Å². The monoisotopic (exact) mass is 420 g/mol. The van der Waals surface area contributed by atoms with Gasteiger partial charge in [0.15, 0.2) is 5.11 Å². The third-order valence-corrected chi connectivity index (χ3v) is 5.61. The molecule has 0 amide bonds. The Kier molecular flexibility index (Phi) is 5.81. The summed E-state index contributed by atoms with van der Waals surface area (Å²) in [6.07, 6.45) is 3.81. The van der Waals surface area contributed by atoms with Crippen molar-refractivity contribution in [2.24, 2.45) is 0 Å². The summed E-state index contributed by atoms with van der Waals surface area (Å²) in [7, 11) is 0. The number of esters is 1. The minimum Gasteiger partial charge on any atom is -0.465 e. The van der Waals surface area contributed by atoms with Crippen molar-refractivity contribution in [3.05, 3.63) is 83.9 Å². The zero-order valence-electron chi connectivity index (χ0n) is 17.0. The van der Waals surface area contributed by atoms with Gasteiger partial charge in [0.25, 0.3) is 0 Å². The van der Waals surface area contributed by atoms with Gasteiger partial charge in [0, 0.05) is 23.8 Å². The smallest absolute Gasteiger partial charge is 0.325 e. The largest absolute Gasteiger partial charge is 0.465 e. The highest BCUT2D eigenvalue weighted by molar-refractivity contribution is 7.80. The molecular formula is C23H24N4O2S. The van der Waals surface area contributed by atoms with E-state index in [2.05, 4.69) is 40.0 Å². The van der Waals surface area contributed by atoms with Crippen molar-refractivity contribution in [2.45, 2.75) is 25.9 Å². The zero-order chi connectivity index (χ0) is 21.1. The van der Waals surface area contributed by atoms with E-state index in [0.29, 0.717) is 11.7 Å². The van der Waals surface area contributed by atoms with Crippen LogP contribution in [0.3, 0.4) is 0 Å². The van der Waals surface area contributed by atoms with Crippen LogP contribution in [-0.4, -0.2) is 38.7 Å². The summed E-state index contributed by atoms with van der Waals surface area (Å²) in [6.45, 7) is 4.30. The highest BCUT2D eigenvalue weighted by atomic mass is 32.1. The fourth-order valence-corrected chi connectivity index (χ4v) is 4.24. The second kappa shape index (κ2) is 8.67. The number of carbonyl (C=O) groups is 1. The summed E-state index contributed by atoms with van der Waals surface area (Å²) in [4.78, 5) is 18.8. The van der Waals surface area contributed by atoms with Crippen LogP contribution in [0.4, 0.5) is 0 Å². The van der Waals surface area contributed by atoms with Crippen LogP contribution in [-0.2, 0) is 9.53 Å². The standard InChI is InChI=1S/C23H24N4O2S/c1-3-29-20(28)15-27-22(21(25-23(27)30)17-10-6-7-13-24-17)19-12-8-14-26(19)18-11-5-4-9-16(18)2/h4-14,21-22H,3,15H2,1-2H3,(H,25,30)/t21-,22-/m0/s1. The molecule has 1 aromatic carbocycles. The van der Waals surface area contributed by atoms with Gasteiger partial charge in [0.2, 0.25) is 0 Å². The van der Waals surface area contributed by atoms with Crippen molar-refractivity contribution < 1.29 is 9.53 Å². The molecule has 3 heterocycles. The van der Waals surface area contributed by atoms with Crippen molar-refractivity contribution in [1.82, 2.24) is 19.8 Å². The average molecular weight is 421 g/mol. The van der Waals surface area contributed by atoms with Gasteiger partial charge in [-0.1, -0.05) is 24.3 Å². The Morgan fingerprint density at radius 2 is 1.97 bits per heavy atom. The Bertz CT molecular complexity index is 1050. The molecular weight excluding hydrogens is 396 g/mol. The van der Waals surface area contributed by atoms with Crippen LogP contribution < -0.4 is 5.32 Å². The molecule has 1 N–H and O–H groups in total. The molecule has 2 aromatic heterocycles. The fraction of sp³-hybridized carbons (Fsp3) is 0.261. The first-order valence-corrected chi connectivity index (χ1v) is 10.4. The minimum atomic E-state index is -0.303. The van der Waals surface area contributed by atoms with Crippen LogP contribution in [0.1, 0.15) is 36.0 Å². The van der Waals surface area contributed by atoms with E-state index in [0.717, 1.165) is 22.6 Å². The molecule has 0 unspecified atom stereocenters. The summed E-state index contributed by atoms with van der Waals surface area (Å²) in [5.74, 6) is -0.303. The third kappa shape index (κ3) is 3.80. The predicted octanol–water partition coefficient (Wildman–Crippen LogP) is 3.72. The van der Waals surface area contributed by atoms with E-state index in [9.17, 15) is 4.79 Å². The molecule has 0 bridgehead atoms. The molecule has 0 radical (unpaired) electrons. The van der Waals surface area contributed by atoms with E-state index < -0.39 is 0 Å². The SMILES string of the molecule is CCOC(=O)CN1C(=S)N[C@@H](c2ccccn2)[C@@H]1c1cccn1-c1ccccc1C. The van der Waals surface area contributed by atoms with Crippen molar-refractivity contribution in [3.63, 3.8) is 0 Å². The maximum Gasteiger partial charge on any atom is 0.325 e. The van der Waals surface area contributed by atoms with Crippen LogP contribution in [0.2, 0.25) is 0 Å². The number of nitrogens with zero attached hydrogens (tertiary/aromatic N) is 3. The van der Waals surface area contributed by atoms with Gasteiger partial charge in [-0.25, -0.2) is 0 Å². The van der Waals surface area contributed by atoms with E-state index in [1.807, 2.05) is 47.5 Å². The van der Waals surface area contributed by atoms with Crippen LogP contribution in [0.5, 0.6) is 0 Å². The molecule has 1 aliphatic rings. The van der Waals surface area contributed by atoms with Crippen molar-refractivity contribution in [3.8, 4) is 5.69 Å². The number of hydrogen-bond donors (Lipinski definition) is 1. The lowest BCUT2D eigenvalue weighted by molar-refractivity contribution is -0.143. The lowest BCUT2D eigenvalue weighted by Crippen LogP contribution is -2.36. The second-order valence-electron chi connectivity index (χ2n) is 7.15. The molecule has 7 heteroatoms. The van der Waals surface area contributed by atoms with E-state index in [-0.39, 0.29) is 24.6 Å². The highest BCUT2D eigenvalue weighted by Gasteiger charge is 2.42. The second-order valence-corrected chi connectivity index (χ2v) is 7.54. The van der Waals surface area contributed by atoms with Crippen molar-refractivity contribution in [1.29, 1.82) is 0 Å². The summed E-state index contributed by atoms with van der Waals surface area (Å²) < 4.78 is 7.36. The number of thiocarbonyl (C=S) groups is 1. The lowest BCUT2D eigenvalue weighted by atomic mass is 10.0. The molecule has 2 atom stereocenters. The van der Waals surface area contributed by atoms with Crippen molar-refractivity contribution >= 4 is 23.3 Å². The zero-order valence-corrected chi connectivity index (χ0v) is 17.8. The van der Waals surface area contributed by atoms with Gasteiger partial charge in [0.05, 0.1) is 24.4 Å². The van der Waals surface area contributed by atoms with Gasteiger partial charge >= 0.3 is 5.97 Å². The average Bonchev–Trinajstić information content (AvgIpc) is 3.34. The maximum atomic E-state index is 12.3. The van der Waals surface area contributed by atoms with Crippen LogP contribution in [0, 0.1) is 6.92 Å². The van der Waals surface area contributed by atoms with E-state index >= 15 is 0 Å². The number of para-hydroxylation sites is 1. The molecule has 0 saturated carbocycles. The molecule has 0 spiro atoms. The van der Waals surface area contributed by atoms with Crippen molar-refractivity contribution in [2.75, 3.05) is 13.2 Å². The van der Waals surface area contributed by atoms with Gasteiger partial charge in [0.1, 0.15) is 6.54 Å². The number of carbonyl (C=O) groups excluding carboxylic acids is 1. The summed E-state index contributed by atoms with van der Waals surface area (Å²) in [6, 6.07) is 17.7. The lowest BCUT2D eigenvalue weighted by Gasteiger charge is -2.28. The topological polar surface area (TPSA) is 59.4 Å². The Hall–Kier alpha value is -3.19. The van der Waals surface area contributed by atoms with Crippen LogP contribution in [0.25, 0.3) is 5.69 Å². The normalized spacial score (nSPS) is 18.3. The molecule has 154 valence electrons. The first kappa shape index (κ1) is 20.1. The minimum absolute atomic E-state index is 0.0760. The summed E-state index contributed by atoms with van der Waals surface area (Å²) in [5, 5.41) is 3.89. The number of aromatic nitrogens is 2. The number of aryl methyl sites for hydroxylation is 1. The molecule has 30 heavy (non-hydrogen) atoms. The quantitative estimate of drug-likeness (QED) is 0.485. The van der Waals surface area contributed by atoms with Crippen LogP contribution >= 0.6 is 12.2 Å². The van der Waals surface area contributed by atoms with E-state index in [4.69, 9.17) is 17.0 Å². The third-order valence-electron chi connectivity index (χ3n) is 5.26. The Balaban J connectivity index is 1.80. The number of benzene rings is 1. The molecule has 0 aliphatic carbocycles. The Morgan fingerprint density at radius 3 is 2.70 bits per heavy atom. The molecule has 1 saturated heterocycles. The van der Waals surface area contributed by atoms with E-state index in [1.54, 1.807) is 13.1 Å². The Labute approximate surface area is 181 Å². The number of nitrogens with one attached hydrogen (secondary N) is 1. The molecule has 1 aliphatic heterocycles. The summed E-state index contributed by atoms with van der Waals surface area (Å²) >= 11 is 5.63. The van der Waals surface area contributed by atoms with Gasteiger partial charge in [-0.2, -0.15) is 0 Å². The maximum absolute atomic E-state index is 12.3. The molecule has 4 rings (SSSR count). The highest BCUT2D eigenvalue weighted by Crippen LogP contribution is 2.39. The van der Waals surface area contributed by atoms with Crippen LogP contribution in [0.15, 0.2) is 67.0 Å². The van der Waals surface area contributed by atoms with Gasteiger partial charge in [-0.15, -0.1) is 0 Å². The number of pyridine rings is 1. The molecule has 6 nitrogen and oxygen atoms in total. The predicted molar refractivity (Wildman–Crippen MR) is 119 cm³/mol. The fourth-order valence-electron chi connectivity index (χ4n) is 3.93. The first-order chi connectivity index (χ1) is 14.6. The number of ether oxygens (including phenoxy) is 1. The molecule has 1 fully saturated rings. The van der Waals surface area contributed by atoms with Gasteiger partial charge < -0.3 is 19.5 Å². The number of rotatable bonds is 6. The number of hydrogen-bond acceptors (Lipinski definition) is 4. The van der Waals surface area contributed by atoms with Gasteiger partial charge in [-0.3, -0.25) is 9.78 Å². The van der Waals surface area contributed by atoms with Gasteiger partial charge in [-0.05, 0) is 62.0 Å². The Morgan fingerprint density at radius 1 is 1.17 bits per heavy atom.